The van der Waals surface area contributed by atoms with Gasteiger partial charge in [0.25, 0.3) is 0 Å². The molecular weight excluding hydrogens is 372 g/mol. The number of rotatable bonds is 6. The smallest absolute Gasteiger partial charge is 0.220 e. The number of hydrogen-bond acceptors (Lipinski definition) is 6. The first-order chi connectivity index (χ1) is 13.4. The van der Waals surface area contributed by atoms with Crippen LogP contribution in [0.1, 0.15) is 50.7 Å². The number of hydrogen-bond donors (Lipinski definition) is 1. The average Bonchev–Trinajstić information content (AvgIpc) is 3.03. The van der Waals surface area contributed by atoms with Crippen molar-refractivity contribution in [1.82, 2.24) is 15.3 Å². The van der Waals surface area contributed by atoms with E-state index >= 15 is 0 Å². The van der Waals surface area contributed by atoms with Crippen LogP contribution >= 0.6 is 11.3 Å². The lowest BCUT2D eigenvalue weighted by Gasteiger charge is -2.35. The highest BCUT2D eigenvalue weighted by Gasteiger charge is 2.26. The van der Waals surface area contributed by atoms with Crippen molar-refractivity contribution in [3.05, 3.63) is 29.2 Å². The van der Waals surface area contributed by atoms with Gasteiger partial charge in [-0.2, -0.15) is 0 Å². The molecule has 1 aliphatic rings. The molecule has 1 aliphatic heterocycles. The van der Waals surface area contributed by atoms with E-state index in [1.165, 1.54) is 0 Å². The fourth-order valence-corrected chi connectivity index (χ4v) is 4.71. The van der Waals surface area contributed by atoms with Crippen LogP contribution < -0.4 is 10.2 Å². The first kappa shape index (κ1) is 20.7. The summed E-state index contributed by atoms with van der Waals surface area (Å²) < 4.78 is 5.87. The zero-order valence-corrected chi connectivity index (χ0v) is 18.2. The zero-order chi connectivity index (χ0) is 20.3. The summed E-state index contributed by atoms with van der Waals surface area (Å²) >= 11 is 1.69. The van der Waals surface area contributed by atoms with Gasteiger partial charge in [0.2, 0.25) is 5.91 Å². The highest BCUT2D eigenvalue weighted by Crippen LogP contribution is 2.36. The second-order valence-corrected chi connectivity index (χ2v) is 8.58. The number of pyridine rings is 1. The summed E-state index contributed by atoms with van der Waals surface area (Å²) in [6, 6.07) is 4.18. The van der Waals surface area contributed by atoms with E-state index in [4.69, 9.17) is 9.72 Å². The number of nitrogens with zero attached hydrogens (tertiary/aromatic N) is 3. The van der Waals surface area contributed by atoms with Crippen LogP contribution in [-0.4, -0.2) is 41.2 Å². The number of ether oxygens (including phenoxy) is 1. The van der Waals surface area contributed by atoms with Gasteiger partial charge in [-0.25, -0.2) is 4.98 Å². The molecule has 2 atom stereocenters. The lowest BCUT2D eigenvalue weighted by atomic mass is 10.1. The second kappa shape index (κ2) is 9.01. The van der Waals surface area contributed by atoms with Crippen LogP contribution in [0.5, 0.6) is 0 Å². The van der Waals surface area contributed by atoms with E-state index in [9.17, 15) is 4.79 Å². The van der Waals surface area contributed by atoms with E-state index in [1.807, 2.05) is 20.8 Å². The molecule has 6 nitrogen and oxygen atoms in total. The van der Waals surface area contributed by atoms with Crippen LogP contribution in [0.3, 0.4) is 0 Å². The Morgan fingerprint density at radius 2 is 1.86 bits per heavy atom. The summed E-state index contributed by atoms with van der Waals surface area (Å²) in [5.41, 5.74) is 4.00. The van der Waals surface area contributed by atoms with Gasteiger partial charge in [0.05, 0.1) is 29.3 Å². The van der Waals surface area contributed by atoms with Gasteiger partial charge in [0, 0.05) is 30.9 Å². The summed E-state index contributed by atoms with van der Waals surface area (Å²) in [6.45, 7) is 12.3. The van der Waals surface area contributed by atoms with Crippen molar-refractivity contribution in [2.45, 2.75) is 66.2 Å². The van der Waals surface area contributed by atoms with Crippen molar-refractivity contribution >= 4 is 22.4 Å². The summed E-state index contributed by atoms with van der Waals surface area (Å²) in [6.07, 6.45) is 1.73. The maximum atomic E-state index is 12.0. The van der Waals surface area contributed by atoms with Crippen LogP contribution in [0.2, 0.25) is 0 Å². The van der Waals surface area contributed by atoms with Crippen molar-refractivity contribution in [2.75, 3.05) is 18.0 Å². The molecule has 1 N–H and O–H groups in total. The lowest BCUT2D eigenvalue weighted by molar-refractivity contribution is -0.121. The van der Waals surface area contributed by atoms with Crippen LogP contribution in [0, 0.1) is 13.8 Å². The third-order valence-corrected chi connectivity index (χ3v) is 5.86. The number of amides is 1. The predicted octanol–water partition coefficient (Wildman–Crippen LogP) is 3.85. The number of aryl methyl sites for hydroxylation is 2. The number of aromatic nitrogens is 2. The fourth-order valence-electron chi connectivity index (χ4n) is 3.62. The third-order valence-electron chi connectivity index (χ3n) is 4.65. The van der Waals surface area contributed by atoms with Crippen molar-refractivity contribution in [3.63, 3.8) is 0 Å². The van der Waals surface area contributed by atoms with Crippen LogP contribution in [0.15, 0.2) is 12.1 Å². The first-order valence-corrected chi connectivity index (χ1v) is 10.8. The fraction of sp³-hybridized carbons (Fsp3) is 0.571. The minimum absolute atomic E-state index is 0.0682. The third kappa shape index (κ3) is 5.08. The Morgan fingerprint density at radius 3 is 2.46 bits per heavy atom. The molecule has 0 spiro atoms. The number of morpholine rings is 1. The molecule has 152 valence electrons. The van der Waals surface area contributed by atoms with E-state index in [1.54, 1.807) is 11.3 Å². The molecule has 1 amide bonds. The number of anilines is 1. The van der Waals surface area contributed by atoms with E-state index in [2.05, 4.69) is 41.2 Å². The highest BCUT2D eigenvalue weighted by atomic mass is 32.1. The molecule has 7 heteroatoms. The quantitative estimate of drug-likeness (QED) is 0.795. The van der Waals surface area contributed by atoms with Crippen molar-refractivity contribution < 1.29 is 9.53 Å². The Labute approximate surface area is 171 Å². The van der Waals surface area contributed by atoms with Gasteiger partial charge < -0.3 is 15.0 Å². The second-order valence-electron chi connectivity index (χ2n) is 7.60. The molecule has 0 aliphatic carbocycles. The molecule has 0 aromatic carbocycles. The molecular formula is C21H30N4O2S. The Kier molecular flexibility index (Phi) is 6.67. The Bertz CT molecular complexity index is 806. The summed E-state index contributed by atoms with van der Waals surface area (Å²) in [5.74, 6) is 0.0682. The molecule has 0 saturated carbocycles. The van der Waals surface area contributed by atoms with Gasteiger partial charge >= 0.3 is 0 Å². The molecule has 28 heavy (non-hydrogen) atoms. The Morgan fingerprint density at radius 1 is 1.21 bits per heavy atom. The zero-order valence-electron chi connectivity index (χ0n) is 17.4. The number of carbonyl (C=O) groups excluding carboxylic acids is 1. The van der Waals surface area contributed by atoms with Gasteiger partial charge in [-0.15, -0.1) is 0 Å². The van der Waals surface area contributed by atoms with E-state index in [0.29, 0.717) is 13.0 Å². The normalized spacial score (nSPS) is 19.7. The van der Waals surface area contributed by atoms with E-state index in [0.717, 1.165) is 52.2 Å². The summed E-state index contributed by atoms with van der Waals surface area (Å²) in [7, 11) is 0. The molecule has 0 radical (unpaired) electrons. The van der Waals surface area contributed by atoms with Crippen molar-refractivity contribution in [1.29, 1.82) is 0 Å². The monoisotopic (exact) mass is 402 g/mol. The number of thiazole rings is 1. The van der Waals surface area contributed by atoms with E-state index in [-0.39, 0.29) is 18.1 Å². The Balaban J connectivity index is 1.93. The minimum atomic E-state index is 0.0682. The molecule has 0 unspecified atom stereocenters. The first-order valence-electron chi connectivity index (χ1n) is 9.98. The average molecular weight is 403 g/mol. The maximum absolute atomic E-state index is 12.0. The molecule has 3 heterocycles. The van der Waals surface area contributed by atoms with Gasteiger partial charge in [0.1, 0.15) is 0 Å². The number of carbonyl (C=O) groups is 1. The largest absolute Gasteiger partial charge is 0.372 e. The molecule has 2 aromatic rings. The Hall–Kier alpha value is -1.99. The van der Waals surface area contributed by atoms with Crippen LogP contribution in [0.4, 0.5) is 5.13 Å². The summed E-state index contributed by atoms with van der Waals surface area (Å²) in [5, 5.41) is 4.01. The highest BCUT2D eigenvalue weighted by molar-refractivity contribution is 7.19. The number of nitrogens with one attached hydrogen (secondary N) is 1. The van der Waals surface area contributed by atoms with Crippen molar-refractivity contribution in [3.8, 4) is 10.4 Å². The SMILES string of the molecule is CCCC(=O)NCc1nc(N2C[C@@H](C)O[C@@H](C)C2)sc1-c1cc(C)nc(C)c1. The van der Waals surface area contributed by atoms with Gasteiger partial charge in [0.15, 0.2) is 5.13 Å². The van der Waals surface area contributed by atoms with Gasteiger partial charge in [-0.1, -0.05) is 18.3 Å². The molecule has 1 saturated heterocycles. The predicted molar refractivity (Wildman–Crippen MR) is 114 cm³/mol. The molecule has 0 bridgehead atoms. The summed E-state index contributed by atoms with van der Waals surface area (Å²) in [4.78, 5) is 24.8. The lowest BCUT2D eigenvalue weighted by Crippen LogP contribution is -2.45. The van der Waals surface area contributed by atoms with Crippen LogP contribution in [0.25, 0.3) is 10.4 Å². The van der Waals surface area contributed by atoms with E-state index < -0.39 is 0 Å². The molecule has 2 aromatic heterocycles. The maximum Gasteiger partial charge on any atom is 0.220 e. The minimum Gasteiger partial charge on any atom is -0.372 e. The van der Waals surface area contributed by atoms with Crippen LogP contribution in [-0.2, 0) is 16.1 Å². The molecule has 3 rings (SSSR count). The standard InChI is InChI=1S/C21H30N4O2S/c1-6-7-19(26)22-10-18-20(17-8-13(2)23-14(3)9-17)28-21(24-18)25-11-15(4)27-16(5)12-25/h8-9,15-16H,6-7,10-12H2,1-5H3,(H,22,26)/t15-,16+. The van der Waals surface area contributed by atoms with Gasteiger partial charge in [-0.3, -0.25) is 9.78 Å². The molecule has 1 fully saturated rings. The van der Waals surface area contributed by atoms with Gasteiger partial charge in [-0.05, 0) is 51.8 Å². The topological polar surface area (TPSA) is 67.4 Å². The van der Waals surface area contributed by atoms with Crippen molar-refractivity contribution in [2.24, 2.45) is 0 Å².